The third-order valence-corrected chi connectivity index (χ3v) is 6.45. The first kappa shape index (κ1) is 25.4. The molecule has 4 rings (SSSR count). The molecule has 7 nitrogen and oxygen atoms in total. The van der Waals surface area contributed by atoms with Gasteiger partial charge in [-0.05, 0) is 95.2 Å². The van der Waals surface area contributed by atoms with E-state index in [0.717, 1.165) is 19.6 Å². The van der Waals surface area contributed by atoms with Gasteiger partial charge in [-0.2, -0.15) is 0 Å². The molecule has 4 amide bonds. The predicted molar refractivity (Wildman–Crippen MR) is 142 cm³/mol. The molecule has 0 aliphatic carbocycles. The third kappa shape index (κ3) is 5.40. The Kier molecular flexibility index (Phi) is 7.68. The van der Waals surface area contributed by atoms with Crippen LogP contribution in [-0.2, 0) is 16.0 Å². The van der Waals surface area contributed by atoms with Crippen molar-refractivity contribution in [1.29, 1.82) is 0 Å². The Bertz CT molecular complexity index is 1370. The van der Waals surface area contributed by atoms with Gasteiger partial charge in [0.1, 0.15) is 22.9 Å². The number of urea groups is 1. The van der Waals surface area contributed by atoms with Crippen molar-refractivity contribution in [3.05, 3.63) is 92.3 Å². The SMILES string of the molecule is CCOc1cc(/C=C2\C(=O)NC(=O)N(c3ccc(OC)cc3)C2=O)cc(I)c1Cc1cccc(F)c1. The molecule has 0 atom stereocenters. The number of ether oxygens (including phenoxy) is 2. The van der Waals surface area contributed by atoms with Gasteiger partial charge in [0.05, 0.1) is 19.4 Å². The van der Waals surface area contributed by atoms with E-state index < -0.39 is 17.8 Å². The molecule has 3 aromatic carbocycles. The third-order valence-electron chi connectivity index (χ3n) is 5.49. The highest BCUT2D eigenvalue weighted by Crippen LogP contribution is 2.31. The summed E-state index contributed by atoms with van der Waals surface area (Å²) in [7, 11) is 1.51. The second-order valence-electron chi connectivity index (χ2n) is 7.88. The van der Waals surface area contributed by atoms with E-state index in [4.69, 9.17) is 9.47 Å². The van der Waals surface area contributed by atoms with Gasteiger partial charge in [0, 0.05) is 15.6 Å². The Morgan fingerprint density at radius 3 is 2.47 bits per heavy atom. The molecule has 1 aliphatic rings. The smallest absolute Gasteiger partial charge is 0.335 e. The van der Waals surface area contributed by atoms with E-state index >= 15 is 0 Å². The van der Waals surface area contributed by atoms with Gasteiger partial charge in [-0.1, -0.05) is 12.1 Å². The number of benzene rings is 3. The van der Waals surface area contributed by atoms with Gasteiger partial charge in [0.25, 0.3) is 11.8 Å². The number of halogens is 2. The van der Waals surface area contributed by atoms with Crippen molar-refractivity contribution >= 4 is 52.2 Å². The van der Waals surface area contributed by atoms with E-state index in [9.17, 15) is 18.8 Å². The lowest BCUT2D eigenvalue weighted by atomic mass is 10.0. The molecule has 1 aliphatic heterocycles. The molecular weight excluding hydrogens is 578 g/mol. The highest BCUT2D eigenvalue weighted by Gasteiger charge is 2.36. The first-order valence-corrected chi connectivity index (χ1v) is 12.1. The van der Waals surface area contributed by atoms with Crippen LogP contribution in [-0.4, -0.2) is 31.6 Å². The molecule has 0 spiro atoms. The van der Waals surface area contributed by atoms with Gasteiger partial charge in [-0.15, -0.1) is 0 Å². The average Bonchev–Trinajstić information content (AvgIpc) is 2.84. The van der Waals surface area contributed by atoms with E-state index in [0.29, 0.717) is 35.8 Å². The normalized spacial score (nSPS) is 14.7. The second-order valence-corrected chi connectivity index (χ2v) is 9.04. The Hall–Kier alpha value is -3.73. The summed E-state index contributed by atoms with van der Waals surface area (Å²) in [6.45, 7) is 2.24. The fourth-order valence-electron chi connectivity index (χ4n) is 3.81. The summed E-state index contributed by atoms with van der Waals surface area (Å²) < 4.78 is 25.5. The van der Waals surface area contributed by atoms with Gasteiger partial charge in [0.15, 0.2) is 0 Å². The molecule has 0 bridgehead atoms. The van der Waals surface area contributed by atoms with Crippen molar-refractivity contribution in [2.75, 3.05) is 18.6 Å². The van der Waals surface area contributed by atoms with Gasteiger partial charge >= 0.3 is 6.03 Å². The molecule has 1 fully saturated rings. The van der Waals surface area contributed by atoms with Crippen LogP contribution in [0.15, 0.2) is 66.2 Å². The Labute approximate surface area is 221 Å². The minimum Gasteiger partial charge on any atom is -0.497 e. The molecule has 0 aromatic heterocycles. The fraction of sp³-hybridized carbons (Fsp3) is 0.148. The van der Waals surface area contributed by atoms with Crippen molar-refractivity contribution < 1.29 is 28.2 Å². The first-order chi connectivity index (χ1) is 17.3. The van der Waals surface area contributed by atoms with Crippen LogP contribution in [0.3, 0.4) is 0 Å². The van der Waals surface area contributed by atoms with Crippen molar-refractivity contribution in [2.24, 2.45) is 0 Å². The summed E-state index contributed by atoms with van der Waals surface area (Å²) in [4.78, 5) is 39.2. The number of anilines is 1. The zero-order chi connectivity index (χ0) is 25.8. The van der Waals surface area contributed by atoms with Gasteiger partial charge in [-0.3, -0.25) is 14.9 Å². The first-order valence-electron chi connectivity index (χ1n) is 11.1. The van der Waals surface area contributed by atoms with Crippen molar-refractivity contribution in [3.63, 3.8) is 0 Å². The van der Waals surface area contributed by atoms with E-state index in [1.807, 2.05) is 13.0 Å². The number of nitrogens with one attached hydrogen (secondary N) is 1. The van der Waals surface area contributed by atoms with E-state index in [1.165, 1.54) is 25.3 Å². The quantitative estimate of drug-likeness (QED) is 0.232. The fourth-order valence-corrected chi connectivity index (χ4v) is 4.63. The Morgan fingerprint density at radius 1 is 1.06 bits per heavy atom. The van der Waals surface area contributed by atoms with E-state index in [-0.39, 0.29) is 11.4 Å². The van der Waals surface area contributed by atoms with Gasteiger partial charge < -0.3 is 9.47 Å². The van der Waals surface area contributed by atoms with E-state index in [1.54, 1.807) is 42.5 Å². The number of amides is 4. The summed E-state index contributed by atoms with van der Waals surface area (Å²) in [5, 5.41) is 2.22. The molecular formula is C27H22FIN2O5. The number of rotatable bonds is 7. The highest BCUT2D eigenvalue weighted by atomic mass is 127. The number of barbiturate groups is 1. The summed E-state index contributed by atoms with van der Waals surface area (Å²) in [6, 6.07) is 15.4. The predicted octanol–water partition coefficient (Wildman–Crippen LogP) is 5.09. The number of hydrogen-bond donors (Lipinski definition) is 1. The summed E-state index contributed by atoms with van der Waals surface area (Å²) in [5.41, 5.74) is 2.30. The minimum atomic E-state index is -0.831. The highest BCUT2D eigenvalue weighted by molar-refractivity contribution is 14.1. The van der Waals surface area contributed by atoms with Crippen LogP contribution in [0.5, 0.6) is 11.5 Å². The van der Waals surface area contributed by atoms with Crippen LogP contribution in [0.4, 0.5) is 14.9 Å². The molecule has 1 heterocycles. The minimum absolute atomic E-state index is 0.193. The number of carbonyl (C=O) groups excluding carboxylic acids is 3. The molecule has 9 heteroatoms. The number of imide groups is 2. The molecule has 0 unspecified atom stereocenters. The number of carbonyl (C=O) groups is 3. The van der Waals surface area contributed by atoms with Crippen molar-refractivity contribution in [2.45, 2.75) is 13.3 Å². The standard InChI is InChI=1S/C27H22FIN2O5/c1-3-36-24-15-17(14-23(29)21(24)12-16-5-4-6-18(28)11-16)13-22-25(32)30-27(34)31(26(22)33)19-7-9-20(35-2)10-8-19/h4-11,13-15H,3,12H2,1-2H3,(H,30,32,34)/b22-13+. The lowest BCUT2D eigenvalue weighted by Gasteiger charge is -2.26. The molecule has 3 aromatic rings. The van der Waals surface area contributed by atoms with Crippen LogP contribution >= 0.6 is 22.6 Å². The van der Waals surface area contributed by atoms with Gasteiger partial charge in [0.2, 0.25) is 0 Å². The average molecular weight is 600 g/mol. The van der Waals surface area contributed by atoms with Crippen LogP contribution < -0.4 is 19.7 Å². The summed E-state index contributed by atoms with van der Waals surface area (Å²) >= 11 is 2.15. The zero-order valence-electron chi connectivity index (χ0n) is 19.5. The molecule has 0 saturated carbocycles. The van der Waals surface area contributed by atoms with Crippen LogP contribution in [0, 0.1) is 9.39 Å². The maximum Gasteiger partial charge on any atom is 0.335 e. The Morgan fingerprint density at radius 2 is 1.81 bits per heavy atom. The van der Waals surface area contributed by atoms with Crippen LogP contribution in [0.1, 0.15) is 23.6 Å². The van der Waals surface area contributed by atoms with Crippen molar-refractivity contribution in [3.8, 4) is 11.5 Å². The summed E-state index contributed by atoms with van der Waals surface area (Å²) in [5.74, 6) is -0.726. The maximum absolute atomic E-state index is 13.7. The lowest BCUT2D eigenvalue weighted by molar-refractivity contribution is -0.122. The molecule has 0 radical (unpaired) electrons. The number of methoxy groups -OCH3 is 1. The molecule has 1 N–H and O–H groups in total. The Balaban J connectivity index is 1.70. The van der Waals surface area contributed by atoms with E-state index in [2.05, 4.69) is 27.9 Å². The lowest BCUT2D eigenvalue weighted by Crippen LogP contribution is -2.54. The monoisotopic (exact) mass is 600 g/mol. The van der Waals surface area contributed by atoms with Crippen molar-refractivity contribution in [1.82, 2.24) is 5.32 Å². The number of hydrogen-bond acceptors (Lipinski definition) is 5. The molecule has 184 valence electrons. The second kappa shape index (κ2) is 10.9. The van der Waals surface area contributed by atoms with Gasteiger partial charge in [-0.25, -0.2) is 14.1 Å². The largest absolute Gasteiger partial charge is 0.497 e. The number of nitrogens with zero attached hydrogens (tertiary/aromatic N) is 1. The molecule has 1 saturated heterocycles. The topological polar surface area (TPSA) is 84.9 Å². The zero-order valence-corrected chi connectivity index (χ0v) is 21.7. The summed E-state index contributed by atoms with van der Waals surface area (Å²) in [6.07, 6.45) is 1.87. The van der Waals surface area contributed by atoms with Crippen LogP contribution in [0.2, 0.25) is 0 Å². The van der Waals surface area contributed by atoms with Crippen LogP contribution in [0.25, 0.3) is 6.08 Å². The molecule has 36 heavy (non-hydrogen) atoms. The maximum atomic E-state index is 13.7.